The number of hydrogen-bond donors (Lipinski definition) is 2. The summed E-state index contributed by atoms with van der Waals surface area (Å²) in [5, 5.41) is 13.3. The summed E-state index contributed by atoms with van der Waals surface area (Å²) in [6, 6.07) is 15.1. The number of amides is 1. The van der Waals surface area contributed by atoms with Gasteiger partial charge in [0.1, 0.15) is 11.0 Å². The first-order valence-corrected chi connectivity index (χ1v) is 6.16. The number of hydrogen-bond acceptors (Lipinski definition) is 3. The molecule has 0 fully saturated rings. The molecule has 5 nitrogen and oxygen atoms in total. The first-order chi connectivity index (χ1) is 9.83. The van der Waals surface area contributed by atoms with Crippen LogP contribution >= 0.6 is 0 Å². The number of para-hydroxylation sites is 1. The Morgan fingerprint density at radius 2 is 1.90 bits per heavy atom. The minimum absolute atomic E-state index is 0.204. The molecular weight excluding hydrogens is 252 g/mol. The van der Waals surface area contributed by atoms with E-state index in [2.05, 4.69) is 20.7 Å². The van der Waals surface area contributed by atoms with Crippen molar-refractivity contribution < 1.29 is 4.79 Å². The quantitative estimate of drug-likeness (QED) is 0.714. The van der Waals surface area contributed by atoms with Crippen molar-refractivity contribution in [2.24, 2.45) is 0 Å². The Kier molecular flexibility index (Phi) is 3.24. The van der Waals surface area contributed by atoms with E-state index in [1.807, 2.05) is 42.5 Å². The Balaban J connectivity index is 1.76. The van der Waals surface area contributed by atoms with Gasteiger partial charge >= 0.3 is 0 Å². The topological polar surface area (TPSA) is 70.7 Å². The van der Waals surface area contributed by atoms with Crippen LogP contribution in [-0.4, -0.2) is 21.3 Å². The van der Waals surface area contributed by atoms with Crippen LogP contribution in [0.15, 0.2) is 54.6 Å². The average Bonchev–Trinajstić information content (AvgIpc) is 2.96. The number of aromatic amines is 1. The molecule has 0 unspecified atom stereocenters. The minimum Gasteiger partial charge on any atom is -0.320 e. The fourth-order valence-electron chi connectivity index (χ4n) is 1.88. The maximum atomic E-state index is 11.9. The molecule has 0 bridgehead atoms. The molecule has 3 aromatic rings. The lowest BCUT2D eigenvalue weighted by molar-refractivity contribution is -0.111. The van der Waals surface area contributed by atoms with Crippen molar-refractivity contribution in [2.45, 2.75) is 0 Å². The highest BCUT2D eigenvalue weighted by atomic mass is 16.1. The van der Waals surface area contributed by atoms with Gasteiger partial charge in [-0.1, -0.05) is 36.4 Å². The fraction of sp³-hybridized carbons (Fsp3) is 0. The molecular formula is C15H12N4O. The van der Waals surface area contributed by atoms with E-state index in [1.165, 1.54) is 6.08 Å². The van der Waals surface area contributed by atoms with Gasteiger partial charge in [0.05, 0.1) is 5.69 Å². The van der Waals surface area contributed by atoms with E-state index in [0.29, 0.717) is 11.2 Å². The third kappa shape index (κ3) is 2.56. The second-order valence-corrected chi connectivity index (χ2v) is 4.23. The van der Waals surface area contributed by atoms with Gasteiger partial charge in [-0.05, 0) is 23.8 Å². The maximum absolute atomic E-state index is 11.9. The van der Waals surface area contributed by atoms with Crippen LogP contribution in [0.5, 0.6) is 0 Å². The Morgan fingerprint density at radius 3 is 2.75 bits per heavy atom. The molecule has 5 heteroatoms. The van der Waals surface area contributed by atoms with Gasteiger partial charge in [0.25, 0.3) is 0 Å². The van der Waals surface area contributed by atoms with Crippen LogP contribution in [0.3, 0.4) is 0 Å². The van der Waals surface area contributed by atoms with Crippen LogP contribution in [0.4, 0.5) is 5.69 Å². The highest BCUT2D eigenvalue weighted by Crippen LogP contribution is 2.18. The molecule has 0 aliphatic rings. The van der Waals surface area contributed by atoms with Crippen molar-refractivity contribution in [1.29, 1.82) is 0 Å². The zero-order chi connectivity index (χ0) is 13.8. The first kappa shape index (κ1) is 12.1. The van der Waals surface area contributed by atoms with Gasteiger partial charge in [-0.25, -0.2) is 0 Å². The molecule has 1 heterocycles. The van der Waals surface area contributed by atoms with Crippen LogP contribution in [-0.2, 0) is 4.79 Å². The van der Waals surface area contributed by atoms with Gasteiger partial charge < -0.3 is 5.32 Å². The summed E-state index contributed by atoms with van der Waals surface area (Å²) in [6.45, 7) is 0. The molecule has 98 valence electrons. The molecule has 0 saturated carbocycles. The smallest absolute Gasteiger partial charge is 0.248 e. The van der Waals surface area contributed by atoms with E-state index in [-0.39, 0.29) is 5.91 Å². The number of carbonyl (C=O) groups is 1. The summed E-state index contributed by atoms with van der Waals surface area (Å²) in [7, 11) is 0. The standard InChI is InChI=1S/C15H12N4O/c20-14(10-9-11-5-2-1-3-6-11)16-12-7-4-8-13-15(12)18-19-17-13/h1-10H,(H,16,20)(H,17,18,19)/b10-9+. The van der Waals surface area contributed by atoms with Crippen molar-refractivity contribution in [3.63, 3.8) is 0 Å². The third-order valence-electron chi connectivity index (χ3n) is 2.83. The van der Waals surface area contributed by atoms with Crippen LogP contribution in [0.1, 0.15) is 5.56 Å². The lowest BCUT2D eigenvalue weighted by atomic mass is 10.2. The van der Waals surface area contributed by atoms with Crippen LogP contribution in [0.2, 0.25) is 0 Å². The number of H-pyrrole nitrogens is 1. The predicted octanol–water partition coefficient (Wildman–Crippen LogP) is 2.61. The fourth-order valence-corrected chi connectivity index (χ4v) is 1.88. The molecule has 20 heavy (non-hydrogen) atoms. The molecule has 0 radical (unpaired) electrons. The Hall–Kier alpha value is -2.95. The summed E-state index contributed by atoms with van der Waals surface area (Å²) < 4.78 is 0. The highest BCUT2D eigenvalue weighted by molar-refractivity contribution is 6.06. The highest BCUT2D eigenvalue weighted by Gasteiger charge is 2.06. The number of nitrogens with zero attached hydrogens (tertiary/aromatic N) is 2. The van der Waals surface area contributed by atoms with Crippen LogP contribution < -0.4 is 5.32 Å². The molecule has 0 atom stereocenters. The lowest BCUT2D eigenvalue weighted by Gasteiger charge is -2.01. The molecule has 0 aliphatic heterocycles. The van der Waals surface area contributed by atoms with Gasteiger partial charge in [-0.2, -0.15) is 15.4 Å². The zero-order valence-electron chi connectivity index (χ0n) is 10.6. The molecule has 2 N–H and O–H groups in total. The van der Waals surface area contributed by atoms with Gasteiger partial charge in [0, 0.05) is 6.08 Å². The van der Waals surface area contributed by atoms with Crippen molar-refractivity contribution in [3.05, 3.63) is 60.2 Å². The molecule has 0 spiro atoms. The van der Waals surface area contributed by atoms with Crippen molar-refractivity contribution in [3.8, 4) is 0 Å². The predicted molar refractivity (Wildman–Crippen MR) is 78.0 cm³/mol. The number of anilines is 1. The van der Waals surface area contributed by atoms with E-state index in [1.54, 1.807) is 12.1 Å². The molecule has 0 aliphatic carbocycles. The Bertz CT molecular complexity index is 762. The van der Waals surface area contributed by atoms with E-state index < -0.39 is 0 Å². The first-order valence-electron chi connectivity index (χ1n) is 6.16. The third-order valence-corrected chi connectivity index (χ3v) is 2.83. The van der Waals surface area contributed by atoms with Crippen LogP contribution in [0.25, 0.3) is 17.1 Å². The number of rotatable bonds is 3. The Labute approximate surface area is 115 Å². The number of fused-ring (bicyclic) bond motifs is 1. The molecule has 1 amide bonds. The average molecular weight is 264 g/mol. The SMILES string of the molecule is O=C(/C=C/c1ccccc1)Nc1cccc2n[nH]nc12. The summed E-state index contributed by atoms with van der Waals surface area (Å²) in [6.07, 6.45) is 3.26. The monoisotopic (exact) mass is 264 g/mol. The van der Waals surface area contributed by atoms with Gasteiger partial charge in [0.15, 0.2) is 0 Å². The summed E-state index contributed by atoms with van der Waals surface area (Å²) in [4.78, 5) is 11.9. The maximum Gasteiger partial charge on any atom is 0.248 e. The summed E-state index contributed by atoms with van der Waals surface area (Å²) in [5.74, 6) is -0.204. The second-order valence-electron chi connectivity index (χ2n) is 4.23. The number of carbonyl (C=O) groups excluding carboxylic acids is 1. The second kappa shape index (κ2) is 5.36. The van der Waals surface area contributed by atoms with Crippen molar-refractivity contribution >= 4 is 28.7 Å². The van der Waals surface area contributed by atoms with Crippen LogP contribution in [0, 0.1) is 0 Å². The molecule has 1 aromatic heterocycles. The largest absolute Gasteiger partial charge is 0.320 e. The molecule has 0 saturated heterocycles. The molecule has 2 aromatic carbocycles. The van der Waals surface area contributed by atoms with E-state index in [0.717, 1.165) is 11.1 Å². The lowest BCUT2D eigenvalue weighted by Crippen LogP contribution is -2.08. The van der Waals surface area contributed by atoms with E-state index in [4.69, 9.17) is 0 Å². The zero-order valence-corrected chi connectivity index (χ0v) is 10.6. The summed E-state index contributed by atoms with van der Waals surface area (Å²) >= 11 is 0. The van der Waals surface area contributed by atoms with Gasteiger partial charge in [-0.15, -0.1) is 0 Å². The number of aromatic nitrogens is 3. The van der Waals surface area contributed by atoms with Gasteiger partial charge in [-0.3, -0.25) is 4.79 Å². The normalized spacial score (nSPS) is 11.0. The number of benzene rings is 2. The number of nitrogens with one attached hydrogen (secondary N) is 2. The van der Waals surface area contributed by atoms with E-state index >= 15 is 0 Å². The Morgan fingerprint density at radius 1 is 1.05 bits per heavy atom. The van der Waals surface area contributed by atoms with Gasteiger partial charge in [0.2, 0.25) is 5.91 Å². The van der Waals surface area contributed by atoms with Crippen molar-refractivity contribution in [2.75, 3.05) is 5.32 Å². The minimum atomic E-state index is -0.204. The molecule has 3 rings (SSSR count). The van der Waals surface area contributed by atoms with Crippen molar-refractivity contribution in [1.82, 2.24) is 15.4 Å². The van der Waals surface area contributed by atoms with E-state index in [9.17, 15) is 4.79 Å². The summed E-state index contributed by atoms with van der Waals surface area (Å²) in [5.41, 5.74) is 2.98.